The number of rotatable bonds is 1. The summed E-state index contributed by atoms with van der Waals surface area (Å²) in [4.78, 5) is 24.3. The Hall–Kier alpha value is -0.830. The molecule has 0 aromatic rings. The van der Waals surface area contributed by atoms with E-state index in [0.29, 0.717) is 60.0 Å². The predicted molar refractivity (Wildman–Crippen MR) is 107 cm³/mol. The van der Waals surface area contributed by atoms with Gasteiger partial charge >= 0.3 is 5.97 Å². The summed E-state index contributed by atoms with van der Waals surface area (Å²) >= 11 is 6.59. The van der Waals surface area contributed by atoms with E-state index in [9.17, 15) is 9.59 Å². The highest BCUT2D eigenvalue weighted by molar-refractivity contribution is 6.18. The highest BCUT2D eigenvalue weighted by Gasteiger charge is 2.79. The maximum Gasteiger partial charge on any atom is 0.306 e. The maximum atomic E-state index is 12.2. The molecule has 1 heterocycles. The van der Waals surface area contributed by atoms with Crippen LogP contribution in [0.25, 0.3) is 0 Å². The van der Waals surface area contributed by atoms with Crippen LogP contribution in [0.4, 0.5) is 0 Å². The Bertz CT molecular complexity index is 804. The molecule has 4 saturated carbocycles. The summed E-state index contributed by atoms with van der Waals surface area (Å²) in [7, 11) is 0. The van der Waals surface area contributed by atoms with Gasteiger partial charge in [-0.05, 0) is 79.6 Å². The number of ketones is 1. The van der Waals surface area contributed by atoms with E-state index in [1.165, 1.54) is 18.4 Å². The van der Waals surface area contributed by atoms with Crippen LogP contribution >= 0.6 is 11.6 Å². The Morgan fingerprint density at radius 1 is 1.14 bits per heavy atom. The first kappa shape index (κ1) is 18.0. The average molecular weight is 403 g/mol. The number of hydrogen-bond donors (Lipinski definition) is 0. The second-order valence-corrected chi connectivity index (χ2v) is 11.5. The monoisotopic (exact) mass is 402 g/mol. The number of ether oxygens (including phenoxy) is 1. The second-order valence-electron chi connectivity index (χ2n) is 11.2. The minimum Gasteiger partial charge on any atom is -0.458 e. The van der Waals surface area contributed by atoms with Crippen LogP contribution < -0.4 is 0 Å². The van der Waals surface area contributed by atoms with Crippen LogP contribution in [-0.4, -0.2) is 23.2 Å². The van der Waals surface area contributed by atoms with Crippen LogP contribution in [-0.2, 0) is 14.3 Å². The molecular formula is C24H31ClO3. The van der Waals surface area contributed by atoms with E-state index in [2.05, 4.69) is 13.8 Å². The van der Waals surface area contributed by atoms with Crippen molar-refractivity contribution in [2.24, 2.45) is 46.3 Å². The molecule has 5 aliphatic carbocycles. The molecule has 0 amide bonds. The van der Waals surface area contributed by atoms with Gasteiger partial charge in [-0.1, -0.05) is 19.4 Å². The molecular weight excluding hydrogens is 372 g/mol. The Labute approximate surface area is 172 Å². The molecule has 3 nitrogen and oxygen atoms in total. The number of carbonyl (C=O) groups is 2. The molecule has 4 heteroatoms. The highest BCUT2D eigenvalue weighted by atomic mass is 35.5. The van der Waals surface area contributed by atoms with Crippen molar-refractivity contribution in [3.05, 3.63) is 11.6 Å². The van der Waals surface area contributed by atoms with Crippen molar-refractivity contribution in [1.82, 2.24) is 0 Å². The molecule has 152 valence electrons. The molecule has 0 radical (unpaired) electrons. The molecule has 9 atom stereocenters. The molecule has 0 aromatic carbocycles. The number of allylic oxidation sites excluding steroid dienone is 1. The summed E-state index contributed by atoms with van der Waals surface area (Å²) in [6, 6.07) is 0. The fourth-order valence-corrected chi connectivity index (χ4v) is 9.51. The normalized spacial score (nSPS) is 56.5. The SMILES string of the molecule is C[C@]12CCC(=O)C=C1C[C@H](CCl)C1C2CC[C@@]2(C)C1[C@@H]1C[C@@H]1[C@@]21CCC(=O)O1. The average Bonchev–Trinajstić information content (AvgIpc) is 3.30. The Morgan fingerprint density at radius 2 is 1.96 bits per heavy atom. The topological polar surface area (TPSA) is 43.4 Å². The first-order chi connectivity index (χ1) is 13.3. The van der Waals surface area contributed by atoms with Crippen molar-refractivity contribution in [2.45, 2.75) is 70.8 Å². The van der Waals surface area contributed by atoms with Crippen LogP contribution in [0.1, 0.15) is 65.2 Å². The maximum absolute atomic E-state index is 12.2. The van der Waals surface area contributed by atoms with Gasteiger partial charge in [-0.2, -0.15) is 0 Å². The Morgan fingerprint density at radius 3 is 2.68 bits per heavy atom. The molecule has 6 rings (SSSR count). The highest BCUT2D eigenvalue weighted by Crippen LogP contribution is 2.79. The second kappa shape index (κ2) is 5.45. The van der Waals surface area contributed by atoms with E-state index >= 15 is 0 Å². The summed E-state index contributed by atoms with van der Waals surface area (Å²) in [5.41, 5.74) is 1.46. The van der Waals surface area contributed by atoms with Gasteiger partial charge in [-0.3, -0.25) is 9.59 Å². The number of carbonyl (C=O) groups excluding carboxylic acids is 2. The van der Waals surface area contributed by atoms with Crippen molar-refractivity contribution < 1.29 is 14.3 Å². The third-order valence-electron chi connectivity index (χ3n) is 10.5. The third kappa shape index (κ3) is 1.94. The lowest BCUT2D eigenvalue weighted by Gasteiger charge is -2.62. The van der Waals surface area contributed by atoms with Crippen LogP contribution in [0.5, 0.6) is 0 Å². The lowest BCUT2D eigenvalue weighted by atomic mass is 9.43. The summed E-state index contributed by atoms with van der Waals surface area (Å²) in [6.45, 7) is 4.88. The minimum absolute atomic E-state index is 0.0233. The van der Waals surface area contributed by atoms with Crippen LogP contribution in [0.2, 0.25) is 0 Å². The largest absolute Gasteiger partial charge is 0.458 e. The summed E-state index contributed by atoms with van der Waals surface area (Å²) in [5, 5.41) is 0. The van der Waals surface area contributed by atoms with Crippen molar-refractivity contribution >= 4 is 23.4 Å². The molecule has 6 aliphatic rings. The van der Waals surface area contributed by atoms with Gasteiger partial charge in [-0.25, -0.2) is 0 Å². The standard InChI is InChI=1S/C24H31ClO3/c1-22-6-3-15(26)10-14(22)9-13(12-25)20-17(22)4-7-23(2)21(20)16-11-18(16)24(23)8-5-19(27)28-24/h10,13,16-18,20-21H,3-9,11-12H2,1-2H3/t13-,16-,17?,18+,20?,21?,22+,23+,24+/m1/s1. The van der Waals surface area contributed by atoms with E-state index in [1.54, 1.807) is 0 Å². The van der Waals surface area contributed by atoms with Crippen molar-refractivity contribution in [3.8, 4) is 0 Å². The van der Waals surface area contributed by atoms with E-state index in [-0.39, 0.29) is 22.4 Å². The van der Waals surface area contributed by atoms with Gasteiger partial charge in [0.15, 0.2) is 5.78 Å². The molecule has 0 bridgehead atoms. The lowest BCUT2D eigenvalue weighted by molar-refractivity contribution is -0.179. The van der Waals surface area contributed by atoms with Gasteiger partial charge in [0.25, 0.3) is 0 Å². The summed E-state index contributed by atoms with van der Waals surface area (Å²) in [6.07, 6.45) is 9.78. The summed E-state index contributed by atoms with van der Waals surface area (Å²) in [5.74, 6) is 4.62. The molecule has 0 N–H and O–H groups in total. The van der Waals surface area contributed by atoms with Gasteiger partial charge in [0, 0.05) is 30.1 Å². The smallest absolute Gasteiger partial charge is 0.306 e. The van der Waals surface area contributed by atoms with Gasteiger partial charge in [0.1, 0.15) is 5.60 Å². The van der Waals surface area contributed by atoms with E-state index < -0.39 is 0 Å². The van der Waals surface area contributed by atoms with Crippen molar-refractivity contribution in [3.63, 3.8) is 0 Å². The number of esters is 1. The van der Waals surface area contributed by atoms with Crippen LogP contribution in [0, 0.1) is 46.3 Å². The van der Waals surface area contributed by atoms with E-state index in [0.717, 1.165) is 25.7 Å². The molecule has 5 fully saturated rings. The molecule has 3 unspecified atom stereocenters. The zero-order valence-electron chi connectivity index (χ0n) is 17.0. The zero-order valence-corrected chi connectivity index (χ0v) is 17.8. The molecule has 28 heavy (non-hydrogen) atoms. The van der Waals surface area contributed by atoms with Crippen LogP contribution in [0.3, 0.4) is 0 Å². The number of fused-ring (bicyclic) bond motifs is 9. The summed E-state index contributed by atoms with van der Waals surface area (Å²) < 4.78 is 6.20. The van der Waals surface area contributed by atoms with Gasteiger partial charge in [0.2, 0.25) is 0 Å². The zero-order chi connectivity index (χ0) is 19.5. The van der Waals surface area contributed by atoms with Gasteiger partial charge in [-0.15, -0.1) is 11.6 Å². The molecule has 1 saturated heterocycles. The lowest BCUT2D eigenvalue weighted by Crippen LogP contribution is -2.59. The predicted octanol–water partition coefficient (Wildman–Crippen LogP) is 4.91. The molecule has 0 aromatic heterocycles. The van der Waals surface area contributed by atoms with E-state index in [4.69, 9.17) is 16.3 Å². The quantitative estimate of drug-likeness (QED) is 0.462. The molecule has 1 spiro atoms. The fourth-order valence-electron chi connectivity index (χ4n) is 9.20. The third-order valence-corrected chi connectivity index (χ3v) is 10.9. The number of halogens is 1. The van der Waals surface area contributed by atoms with Crippen molar-refractivity contribution in [2.75, 3.05) is 5.88 Å². The first-order valence-corrected chi connectivity index (χ1v) is 11.9. The Balaban J connectivity index is 1.44. The Kier molecular flexibility index (Phi) is 3.50. The first-order valence-electron chi connectivity index (χ1n) is 11.4. The van der Waals surface area contributed by atoms with Crippen molar-refractivity contribution in [1.29, 1.82) is 0 Å². The van der Waals surface area contributed by atoms with Gasteiger partial charge in [0.05, 0.1) is 0 Å². The minimum atomic E-state index is -0.194. The number of hydrogen-bond acceptors (Lipinski definition) is 3. The number of alkyl halides is 1. The van der Waals surface area contributed by atoms with Gasteiger partial charge < -0.3 is 4.74 Å². The van der Waals surface area contributed by atoms with Crippen LogP contribution in [0.15, 0.2) is 11.6 Å². The molecule has 1 aliphatic heterocycles. The fraction of sp³-hybridized carbons (Fsp3) is 0.833. The van der Waals surface area contributed by atoms with E-state index in [1.807, 2.05) is 6.08 Å².